The van der Waals surface area contributed by atoms with E-state index in [1.807, 2.05) is 12.7 Å². The summed E-state index contributed by atoms with van der Waals surface area (Å²) in [7, 11) is 0. The highest BCUT2D eigenvalue weighted by Crippen LogP contribution is 2.47. The monoisotopic (exact) mass is 179 g/mol. The first-order valence-corrected chi connectivity index (χ1v) is 4.91. The van der Waals surface area contributed by atoms with E-state index >= 15 is 0 Å². The maximum atomic E-state index is 3.83. The van der Waals surface area contributed by atoms with E-state index in [2.05, 4.69) is 35.5 Å². The molecule has 3 heteroatoms. The molecular weight excluding hydrogens is 162 g/mol. The molecule has 0 aliphatic heterocycles. The lowest BCUT2D eigenvalue weighted by molar-refractivity contribution is 0.0817. The fourth-order valence-corrected chi connectivity index (χ4v) is 1.94. The molecule has 1 aliphatic carbocycles. The van der Waals surface area contributed by atoms with Crippen LogP contribution in [-0.2, 0) is 0 Å². The fraction of sp³-hybridized carbons (Fsp3) is 0.800. The first-order valence-electron chi connectivity index (χ1n) is 4.91. The molecule has 0 saturated heterocycles. The minimum Gasteiger partial charge on any atom is -0.317 e. The van der Waals surface area contributed by atoms with Gasteiger partial charge in [0, 0.05) is 6.04 Å². The van der Waals surface area contributed by atoms with Gasteiger partial charge in [0.2, 0.25) is 0 Å². The molecule has 1 aliphatic rings. The summed E-state index contributed by atoms with van der Waals surface area (Å²) in [6.45, 7) is 6.96. The number of hydrogen-bond donors (Lipinski definition) is 0. The van der Waals surface area contributed by atoms with Gasteiger partial charge in [-0.05, 0) is 24.2 Å². The van der Waals surface area contributed by atoms with Crippen molar-refractivity contribution < 1.29 is 0 Å². The minimum atomic E-state index is 0.463. The fourth-order valence-electron chi connectivity index (χ4n) is 1.94. The molecule has 13 heavy (non-hydrogen) atoms. The second-order valence-electron chi connectivity index (χ2n) is 5.10. The zero-order valence-corrected chi connectivity index (χ0v) is 8.57. The first kappa shape index (κ1) is 8.73. The smallest absolute Gasteiger partial charge is 0.119 e. The third kappa shape index (κ3) is 1.60. The van der Waals surface area contributed by atoms with Gasteiger partial charge >= 0.3 is 0 Å². The summed E-state index contributed by atoms with van der Waals surface area (Å²) in [6, 6.07) is 0.652. The Morgan fingerprint density at radius 2 is 1.69 bits per heavy atom. The van der Waals surface area contributed by atoms with Gasteiger partial charge in [-0.2, -0.15) is 0 Å². The molecule has 0 bridgehead atoms. The van der Waals surface area contributed by atoms with Crippen molar-refractivity contribution >= 4 is 0 Å². The molecule has 0 unspecified atom stereocenters. The van der Waals surface area contributed by atoms with E-state index in [0.29, 0.717) is 11.5 Å². The van der Waals surface area contributed by atoms with Gasteiger partial charge in [-0.1, -0.05) is 20.8 Å². The van der Waals surface area contributed by atoms with Crippen LogP contribution >= 0.6 is 0 Å². The van der Waals surface area contributed by atoms with Crippen LogP contribution in [0.5, 0.6) is 0 Å². The van der Waals surface area contributed by atoms with Crippen molar-refractivity contribution in [3.8, 4) is 0 Å². The summed E-state index contributed by atoms with van der Waals surface area (Å²) in [6.07, 6.45) is 6.20. The van der Waals surface area contributed by atoms with Gasteiger partial charge in [-0.15, -0.1) is 10.2 Å². The molecular formula is C10H17N3. The van der Waals surface area contributed by atoms with Gasteiger partial charge < -0.3 is 4.57 Å². The largest absolute Gasteiger partial charge is 0.317 e. The van der Waals surface area contributed by atoms with Crippen LogP contribution in [0.15, 0.2) is 12.7 Å². The number of hydrogen-bond acceptors (Lipinski definition) is 2. The molecule has 2 rings (SSSR count). The van der Waals surface area contributed by atoms with Crippen LogP contribution in [0.3, 0.4) is 0 Å². The Morgan fingerprint density at radius 1 is 1.15 bits per heavy atom. The van der Waals surface area contributed by atoms with E-state index in [-0.39, 0.29) is 0 Å². The van der Waals surface area contributed by atoms with Crippen molar-refractivity contribution in [3.05, 3.63) is 12.7 Å². The highest BCUT2D eigenvalue weighted by Gasteiger charge is 2.37. The molecule has 0 radical (unpaired) electrons. The van der Waals surface area contributed by atoms with Crippen molar-refractivity contribution in [3.63, 3.8) is 0 Å². The first-order chi connectivity index (χ1) is 6.07. The summed E-state index contributed by atoms with van der Waals surface area (Å²) in [5.41, 5.74) is 0.463. The molecule has 0 amide bonds. The second kappa shape index (κ2) is 2.82. The van der Waals surface area contributed by atoms with E-state index in [1.165, 1.54) is 12.8 Å². The minimum absolute atomic E-state index is 0.463. The van der Waals surface area contributed by atoms with Crippen LogP contribution in [0.25, 0.3) is 0 Å². The highest BCUT2D eigenvalue weighted by atomic mass is 15.2. The quantitative estimate of drug-likeness (QED) is 0.662. The van der Waals surface area contributed by atoms with Crippen LogP contribution in [-0.4, -0.2) is 14.8 Å². The Hall–Kier alpha value is -0.860. The van der Waals surface area contributed by atoms with Crippen LogP contribution in [0.2, 0.25) is 0 Å². The number of aromatic nitrogens is 3. The molecule has 1 aromatic rings. The summed E-state index contributed by atoms with van der Waals surface area (Å²) >= 11 is 0. The van der Waals surface area contributed by atoms with Crippen molar-refractivity contribution in [2.24, 2.45) is 11.3 Å². The van der Waals surface area contributed by atoms with Crippen molar-refractivity contribution in [1.29, 1.82) is 0 Å². The van der Waals surface area contributed by atoms with Gasteiger partial charge in [0.1, 0.15) is 12.7 Å². The number of nitrogens with zero attached hydrogens (tertiary/aromatic N) is 3. The zero-order chi connectivity index (χ0) is 9.47. The van der Waals surface area contributed by atoms with E-state index in [1.54, 1.807) is 0 Å². The Morgan fingerprint density at radius 3 is 2.15 bits per heavy atom. The molecule has 0 atom stereocenters. The van der Waals surface area contributed by atoms with Crippen LogP contribution < -0.4 is 0 Å². The predicted octanol–water partition coefficient (Wildman–Crippen LogP) is 2.28. The summed E-state index contributed by atoms with van der Waals surface area (Å²) in [5, 5.41) is 7.65. The maximum absolute atomic E-state index is 3.83. The highest BCUT2D eigenvalue weighted by molar-refractivity contribution is 4.91. The topological polar surface area (TPSA) is 30.7 Å². The average molecular weight is 179 g/mol. The second-order valence-corrected chi connectivity index (χ2v) is 5.10. The number of rotatable bonds is 1. The van der Waals surface area contributed by atoms with Crippen molar-refractivity contribution in [2.45, 2.75) is 39.7 Å². The molecule has 1 heterocycles. The summed E-state index contributed by atoms with van der Waals surface area (Å²) in [4.78, 5) is 0. The molecule has 72 valence electrons. The maximum Gasteiger partial charge on any atom is 0.119 e. The van der Waals surface area contributed by atoms with Gasteiger partial charge in [0.05, 0.1) is 0 Å². The third-order valence-corrected chi connectivity index (χ3v) is 3.20. The van der Waals surface area contributed by atoms with E-state index < -0.39 is 0 Å². The van der Waals surface area contributed by atoms with Crippen molar-refractivity contribution in [1.82, 2.24) is 14.8 Å². The van der Waals surface area contributed by atoms with Crippen LogP contribution in [0.4, 0.5) is 0 Å². The average Bonchev–Trinajstić information content (AvgIpc) is 2.31. The molecule has 0 spiro atoms. The Labute approximate surface area is 79.2 Å². The van der Waals surface area contributed by atoms with Crippen LogP contribution in [0.1, 0.15) is 39.7 Å². The molecule has 0 N–H and O–H groups in total. The van der Waals surface area contributed by atoms with E-state index in [4.69, 9.17) is 0 Å². The van der Waals surface area contributed by atoms with Gasteiger partial charge in [-0.3, -0.25) is 0 Å². The lowest BCUT2D eigenvalue weighted by Gasteiger charge is -2.43. The van der Waals surface area contributed by atoms with Crippen molar-refractivity contribution in [2.75, 3.05) is 0 Å². The van der Waals surface area contributed by atoms with E-state index in [9.17, 15) is 0 Å². The summed E-state index contributed by atoms with van der Waals surface area (Å²) in [5.74, 6) is 0.861. The lowest BCUT2D eigenvalue weighted by atomic mass is 9.66. The Balaban J connectivity index is 1.93. The van der Waals surface area contributed by atoms with E-state index in [0.717, 1.165) is 5.92 Å². The molecule has 1 saturated carbocycles. The molecule has 1 fully saturated rings. The Bertz CT molecular complexity index is 265. The zero-order valence-electron chi connectivity index (χ0n) is 8.57. The molecule has 3 nitrogen and oxygen atoms in total. The Kier molecular flexibility index (Phi) is 1.90. The van der Waals surface area contributed by atoms with Gasteiger partial charge in [0.15, 0.2) is 0 Å². The normalized spacial score (nSPS) is 28.5. The summed E-state index contributed by atoms with van der Waals surface area (Å²) < 4.78 is 2.13. The predicted molar refractivity (Wildman–Crippen MR) is 51.2 cm³/mol. The third-order valence-electron chi connectivity index (χ3n) is 3.20. The lowest BCUT2D eigenvalue weighted by Crippen LogP contribution is -2.35. The van der Waals surface area contributed by atoms with Crippen LogP contribution in [0, 0.1) is 11.3 Å². The SMILES string of the molecule is CC(C)(C)C1CC(n2cnnc2)C1. The standard InChI is InChI=1S/C10H17N3/c1-10(2,3)8-4-9(5-8)13-6-11-12-7-13/h6-9H,4-5H2,1-3H3. The molecule has 0 aromatic carbocycles. The van der Waals surface area contributed by atoms with Gasteiger partial charge in [0.25, 0.3) is 0 Å². The van der Waals surface area contributed by atoms with Gasteiger partial charge in [-0.25, -0.2) is 0 Å². The molecule has 1 aromatic heterocycles.